The van der Waals surface area contributed by atoms with Gasteiger partial charge >= 0.3 is 0 Å². The van der Waals surface area contributed by atoms with E-state index in [0.29, 0.717) is 6.42 Å². The van der Waals surface area contributed by atoms with Crippen LogP contribution in [0.3, 0.4) is 0 Å². The first-order valence-electron chi connectivity index (χ1n) is 12.7. The fraction of sp³-hybridized carbons (Fsp3) is 0.533. The van der Waals surface area contributed by atoms with Gasteiger partial charge in [0.25, 0.3) is 0 Å². The Morgan fingerprint density at radius 3 is 2.00 bits per heavy atom. The van der Waals surface area contributed by atoms with E-state index in [4.69, 9.17) is 0 Å². The Balaban J connectivity index is 1.44. The second-order valence-corrected chi connectivity index (χ2v) is 9.54. The van der Waals surface area contributed by atoms with Gasteiger partial charge in [0, 0.05) is 0 Å². The van der Waals surface area contributed by atoms with E-state index >= 15 is 0 Å². The van der Waals surface area contributed by atoms with Gasteiger partial charge in [-0.2, -0.15) is 0 Å². The number of halogens is 1. The highest BCUT2D eigenvalue weighted by Crippen LogP contribution is 2.37. The van der Waals surface area contributed by atoms with Crippen LogP contribution < -0.4 is 0 Å². The van der Waals surface area contributed by atoms with Crippen molar-refractivity contribution in [2.24, 2.45) is 5.92 Å². The fourth-order valence-corrected chi connectivity index (χ4v) is 4.98. The monoisotopic (exact) mass is 420 g/mol. The quantitative estimate of drug-likeness (QED) is 0.317. The van der Waals surface area contributed by atoms with E-state index < -0.39 is 0 Å². The zero-order valence-electron chi connectivity index (χ0n) is 19.7. The van der Waals surface area contributed by atoms with Crippen molar-refractivity contribution in [2.75, 3.05) is 0 Å². The third-order valence-corrected chi connectivity index (χ3v) is 7.01. The molecule has 0 saturated heterocycles. The smallest absolute Gasteiger partial charge is 0.100 e. The molecule has 2 aromatic rings. The lowest BCUT2D eigenvalue weighted by atomic mass is 9.77. The minimum absolute atomic E-state index is 0.0275. The number of allylic oxidation sites excluding steroid dienone is 1. The minimum Gasteiger partial charge on any atom is -0.212 e. The van der Waals surface area contributed by atoms with Crippen LogP contribution in [0.5, 0.6) is 0 Å². The number of rotatable bonds is 11. The average molecular weight is 421 g/mol. The van der Waals surface area contributed by atoms with Crippen LogP contribution in [0.15, 0.2) is 54.4 Å². The van der Waals surface area contributed by atoms with Gasteiger partial charge in [0.1, 0.15) is 5.83 Å². The summed E-state index contributed by atoms with van der Waals surface area (Å²) in [5.41, 5.74) is 5.23. The topological polar surface area (TPSA) is 0 Å². The molecule has 0 amide bonds. The maximum atomic E-state index is 13.7. The van der Waals surface area contributed by atoms with Crippen LogP contribution in [-0.2, 0) is 12.8 Å². The number of hydrogen-bond acceptors (Lipinski definition) is 0. The van der Waals surface area contributed by atoms with Crippen molar-refractivity contribution in [3.05, 3.63) is 76.6 Å². The van der Waals surface area contributed by atoms with Gasteiger partial charge in [-0.1, -0.05) is 88.1 Å². The van der Waals surface area contributed by atoms with E-state index in [1.54, 1.807) is 11.6 Å². The molecule has 0 bridgehead atoms. The summed E-state index contributed by atoms with van der Waals surface area (Å²) in [6.45, 7) is 4.30. The standard InChI is InChI=1S/C30H41F/c1-3-5-6-8-24-15-19-28(20-16-24)29-21-17-26(18-22-29)10-9-25-11-13-27(14-12-25)23-30(31)7-4-2/h11-14,17-18,21-24,28H,3-10,15-16,19-20H2,1-2H3. The first kappa shape index (κ1) is 23.8. The zero-order valence-corrected chi connectivity index (χ0v) is 19.7. The molecule has 2 aromatic carbocycles. The van der Waals surface area contributed by atoms with Gasteiger partial charge in [0.2, 0.25) is 0 Å². The van der Waals surface area contributed by atoms with Crippen LogP contribution >= 0.6 is 0 Å². The molecule has 0 N–H and O–H groups in total. The molecule has 3 rings (SSSR count). The maximum absolute atomic E-state index is 13.7. The average Bonchev–Trinajstić information content (AvgIpc) is 2.80. The Kier molecular flexibility index (Phi) is 9.85. The summed E-state index contributed by atoms with van der Waals surface area (Å²) in [4.78, 5) is 0. The predicted octanol–water partition coefficient (Wildman–Crippen LogP) is 9.44. The third-order valence-electron chi connectivity index (χ3n) is 7.01. The Hall–Kier alpha value is -1.89. The second-order valence-electron chi connectivity index (χ2n) is 9.54. The number of aryl methyl sites for hydroxylation is 2. The summed E-state index contributed by atoms with van der Waals surface area (Å²) in [7, 11) is 0. The van der Waals surface area contributed by atoms with E-state index in [2.05, 4.69) is 43.3 Å². The largest absolute Gasteiger partial charge is 0.212 e. The first-order chi connectivity index (χ1) is 15.2. The van der Waals surface area contributed by atoms with Gasteiger partial charge in [-0.25, -0.2) is 4.39 Å². The molecule has 0 aromatic heterocycles. The molecule has 1 fully saturated rings. The third kappa shape index (κ3) is 7.95. The lowest BCUT2D eigenvalue weighted by Gasteiger charge is -2.29. The number of benzene rings is 2. The molecule has 0 spiro atoms. The lowest BCUT2D eigenvalue weighted by Crippen LogP contribution is -2.13. The summed E-state index contributed by atoms with van der Waals surface area (Å²) < 4.78 is 13.7. The summed E-state index contributed by atoms with van der Waals surface area (Å²) in [6, 6.07) is 17.8. The van der Waals surface area contributed by atoms with Gasteiger partial charge in [-0.15, -0.1) is 0 Å². The van der Waals surface area contributed by atoms with E-state index in [9.17, 15) is 4.39 Å². The fourth-order valence-electron chi connectivity index (χ4n) is 4.98. The van der Waals surface area contributed by atoms with Crippen molar-refractivity contribution in [3.8, 4) is 0 Å². The molecule has 0 heterocycles. The molecule has 0 nitrogen and oxygen atoms in total. The van der Waals surface area contributed by atoms with Gasteiger partial charge in [-0.3, -0.25) is 0 Å². The summed E-state index contributed by atoms with van der Waals surface area (Å²) in [6.07, 6.45) is 16.3. The predicted molar refractivity (Wildman–Crippen MR) is 133 cm³/mol. The number of unbranched alkanes of at least 4 members (excludes halogenated alkanes) is 2. The summed E-state index contributed by atoms with van der Waals surface area (Å²) in [5.74, 6) is 1.72. The Bertz CT molecular complexity index is 776. The molecule has 1 heteroatoms. The van der Waals surface area contributed by atoms with Crippen LogP contribution in [0.2, 0.25) is 0 Å². The zero-order chi connectivity index (χ0) is 21.9. The highest BCUT2D eigenvalue weighted by Gasteiger charge is 2.21. The summed E-state index contributed by atoms with van der Waals surface area (Å²) in [5, 5.41) is 0. The molecule has 1 saturated carbocycles. The number of hydrogen-bond donors (Lipinski definition) is 0. The second kappa shape index (κ2) is 12.8. The Labute approximate surface area is 190 Å². The van der Waals surface area contributed by atoms with Crippen LogP contribution in [0.25, 0.3) is 6.08 Å². The van der Waals surface area contributed by atoms with Crippen LogP contribution in [-0.4, -0.2) is 0 Å². The van der Waals surface area contributed by atoms with Crippen molar-refractivity contribution >= 4 is 6.08 Å². The van der Waals surface area contributed by atoms with Crippen LogP contribution in [0.4, 0.5) is 4.39 Å². The molecular weight excluding hydrogens is 379 g/mol. The van der Waals surface area contributed by atoms with Gasteiger partial charge in [0.15, 0.2) is 0 Å². The van der Waals surface area contributed by atoms with Crippen molar-refractivity contribution < 1.29 is 4.39 Å². The van der Waals surface area contributed by atoms with E-state index in [1.165, 1.54) is 62.5 Å². The SMILES string of the molecule is CCCCCC1CCC(c2ccc(CCc3ccc(C=C(F)CCC)cc3)cc2)CC1. The summed E-state index contributed by atoms with van der Waals surface area (Å²) >= 11 is 0. The Morgan fingerprint density at radius 1 is 0.806 bits per heavy atom. The van der Waals surface area contributed by atoms with Gasteiger partial charge in [0.05, 0.1) is 0 Å². The first-order valence-corrected chi connectivity index (χ1v) is 12.7. The van der Waals surface area contributed by atoms with Gasteiger partial charge < -0.3 is 0 Å². The minimum atomic E-state index is -0.0275. The molecule has 0 aliphatic heterocycles. The van der Waals surface area contributed by atoms with E-state index in [1.807, 2.05) is 19.1 Å². The van der Waals surface area contributed by atoms with Crippen LogP contribution in [0.1, 0.15) is 106 Å². The van der Waals surface area contributed by atoms with Crippen molar-refractivity contribution in [3.63, 3.8) is 0 Å². The Morgan fingerprint density at radius 2 is 1.42 bits per heavy atom. The molecule has 1 aliphatic carbocycles. The molecule has 0 unspecified atom stereocenters. The molecular formula is C30H41F. The maximum Gasteiger partial charge on any atom is 0.100 e. The molecule has 168 valence electrons. The highest BCUT2D eigenvalue weighted by atomic mass is 19.1. The molecule has 1 aliphatic rings. The van der Waals surface area contributed by atoms with Crippen molar-refractivity contribution in [2.45, 2.75) is 96.8 Å². The molecule has 0 radical (unpaired) electrons. The van der Waals surface area contributed by atoms with Crippen LogP contribution in [0, 0.1) is 5.92 Å². The van der Waals surface area contributed by atoms with Crippen molar-refractivity contribution in [1.29, 1.82) is 0 Å². The van der Waals surface area contributed by atoms with E-state index in [0.717, 1.165) is 36.7 Å². The normalized spacial score (nSPS) is 19.5. The van der Waals surface area contributed by atoms with Gasteiger partial charge in [-0.05, 0) is 91.5 Å². The molecule has 31 heavy (non-hydrogen) atoms. The van der Waals surface area contributed by atoms with Crippen molar-refractivity contribution in [1.82, 2.24) is 0 Å². The van der Waals surface area contributed by atoms with E-state index in [-0.39, 0.29) is 5.83 Å². The molecule has 0 atom stereocenters. The highest BCUT2D eigenvalue weighted by molar-refractivity contribution is 5.51. The lowest BCUT2D eigenvalue weighted by molar-refractivity contribution is 0.303.